The first-order valence-corrected chi connectivity index (χ1v) is 6.17. The molecule has 0 aliphatic heterocycles. The van der Waals surface area contributed by atoms with E-state index in [1.807, 2.05) is 0 Å². The van der Waals surface area contributed by atoms with Crippen LogP contribution in [0.3, 0.4) is 0 Å². The highest BCUT2D eigenvalue weighted by molar-refractivity contribution is 5.82. The quantitative estimate of drug-likeness (QED) is 0.713. The lowest BCUT2D eigenvalue weighted by atomic mass is 10.1. The van der Waals surface area contributed by atoms with Gasteiger partial charge in [0.25, 0.3) is 0 Å². The summed E-state index contributed by atoms with van der Waals surface area (Å²) in [7, 11) is 0. The van der Waals surface area contributed by atoms with Crippen LogP contribution < -0.4 is 5.32 Å². The first-order chi connectivity index (χ1) is 7.74. The Hall–Kier alpha value is -1.06. The van der Waals surface area contributed by atoms with Gasteiger partial charge in [-0.2, -0.15) is 0 Å². The van der Waals surface area contributed by atoms with Crippen molar-refractivity contribution in [2.24, 2.45) is 17.8 Å². The number of ether oxygens (including phenoxy) is 1. The van der Waals surface area contributed by atoms with Crippen molar-refractivity contribution in [3.05, 3.63) is 0 Å². The monoisotopic (exact) mass is 225 g/mol. The zero-order valence-electron chi connectivity index (χ0n) is 9.70. The van der Waals surface area contributed by atoms with Gasteiger partial charge in [0.05, 0.1) is 13.0 Å². The van der Waals surface area contributed by atoms with Gasteiger partial charge in [0, 0.05) is 12.5 Å². The normalized spacial score (nSPS) is 30.7. The molecule has 90 valence electrons. The number of hydrogen-bond donors (Lipinski definition) is 1. The Morgan fingerprint density at radius 2 is 2.00 bits per heavy atom. The smallest absolute Gasteiger partial charge is 0.307 e. The molecular formula is C12H19NO3. The molecule has 0 aromatic rings. The number of rotatable bonds is 5. The van der Waals surface area contributed by atoms with Crippen LogP contribution in [0.2, 0.25) is 0 Å². The van der Waals surface area contributed by atoms with Gasteiger partial charge in [-0.1, -0.05) is 6.42 Å². The fourth-order valence-corrected chi connectivity index (χ4v) is 2.85. The summed E-state index contributed by atoms with van der Waals surface area (Å²) in [6.07, 6.45) is 3.98. The third-order valence-corrected chi connectivity index (χ3v) is 3.64. The molecule has 2 fully saturated rings. The summed E-state index contributed by atoms with van der Waals surface area (Å²) in [5, 5.41) is 2.82. The molecule has 0 aromatic carbocycles. The summed E-state index contributed by atoms with van der Waals surface area (Å²) in [4.78, 5) is 22.7. The standard InChI is InChI=1S/C12H19NO3/c1-2-16-10(14)6-7-13-12(15)11-8-4-3-5-9(8)11/h8-9,11H,2-7H2,1H3,(H,13,15). The number of carbonyl (C=O) groups excluding carboxylic acids is 2. The van der Waals surface area contributed by atoms with Crippen molar-refractivity contribution >= 4 is 11.9 Å². The van der Waals surface area contributed by atoms with Crippen molar-refractivity contribution < 1.29 is 14.3 Å². The maximum atomic E-state index is 11.7. The van der Waals surface area contributed by atoms with Crippen LogP contribution in [0.15, 0.2) is 0 Å². The van der Waals surface area contributed by atoms with E-state index in [1.165, 1.54) is 19.3 Å². The van der Waals surface area contributed by atoms with Crippen LogP contribution in [0.25, 0.3) is 0 Å². The Labute approximate surface area is 95.7 Å². The summed E-state index contributed by atoms with van der Waals surface area (Å²) in [6.45, 7) is 2.59. The molecule has 2 unspecified atom stereocenters. The number of nitrogens with one attached hydrogen (secondary N) is 1. The molecule has 0 saturated heterocycles. The molecule has 4 nitrogen and oxygen atoms in total. The molecule has 2 saturated carbocycles. The van der Waals surface area contributed by atoms with Gasteiger partial charge < -0.3 is 10.1 Å². The minimum atomic E-state index is -0.237. The maximum Gasteiger partial charge on any atom is 0.307 e. The Bertz CT molecular complexity index is 280. The van der Waals surface area contributed by atoms with Crippen LogP contribution in [0.5, 0.6) is 0 Å². The Morgan fingerprint density at radius 1 is 1.31 bits per heavy atom. The highest BCUT2D eigenvalue weighted by atomic mass is 16.5. The zero-order valence-corrected chi connectivity index (χ0v) is 9.70. The second-order valence-electron chi connectivity index (χ2n) is 4.63. The van der Waals surface area contributed by atoms with E-state index in [4.69, 9.17) is 4.74 Å². The molecule has 0 heterocycles. The van der Waals surface area contributed by atoms with Crippen molar-refractivity contribution in [3.63, 3.8) is 0 Å². The Morgan fingerprint density at radius 3 is 2.62 bits per heavy atom. The van der Waals surface area contributed by atoms with Crippen molar-refractivity contribution in [1.82, 2.24) is 5.32 Å². The van der Waals surface area contributed by atoms with E-state index < -0.39 is 0 Å². The van der Waals surface area contributed by atoms with Crippen LogP contribution in [0.4, 0.5) is 0 Å². The second kappa shape index (κ2) is 4.85. The van der Waals surface area contributed by atoms with Gasteiger partial charge in [-0.3, -0.25) is 9.59 Å². The van der Waals surface area contributed by atoms with Crippen LogP contribution >= 0.6 is 0 Å². The average molecular weight is 225 g/mol. The topological polar surface area (TPSA) is 55.4 Å². The Kier molecular flexibility index (Phi) is 3.46. The lowest BCUT2D eigenvalue weighted by Crippen LogP contribution is -2.29. The van der Waals surface area contributed by atoms with Crippen LogP contribution in [0.1, 0.15) is 32.6 Å². The van der Waals surface area contributed by atoms with Gasteiger partial charge in [0.1, 0.15) is 0 Å². The number of hydrogen-bond acceptors (Lipinski definition) is 3. The van der Waals surface area contributed by atoms with Crippen molar-refractivity contribution in [2.75, 3.05) is 13.2 Å². The van der Waals surface area contributed by atoms with Crippen LogP contribution in [-0.4, -0.2) is 25.0 Å². The molecule has 2 aliphatic carbocycles. The highest BCUT2D eigenvalue weighted by Gasteiger charge is 2.56. The molecule has 2 aliphatic rings. The van der Waals surface area contributed by atoms with E-state index in [-0.39, 0.29) is 24.2 Å². The molecule has 1 amide bonds. The van der Waals surface area contributed by atoms with E-state index in [0.29, 0.717) is 25.0 Å². The molecule has 0 radical (unpaired) electrons. The van der Waals surface area contributed by atoms with E-state index >= 15 is 0 Å². The Balaban J connectivity index is 1.60. The number of fused-ring (bicyclic) bond motifs is 1. The third kappa shape index (κ3) is 2.36. The van der Waals surface area contributed by atoms with Gasteiger partial charge in [0.2, 0.25) is 5.91 Å². The molecule has 1 N–H and O–H groups in total. The van der Waals surface area contributed by atoms with Crippen molar-refractivity contribution in [2.45, 2.75) is 32.6 Å². The van der Waals surface area contributed by atoms with Crippen molar-refractivity contribution in [3.8, 4) is 0 Å². The number of amides is 1. The fourth-order valence-electron chi connectivity index (χ4n) is 2.85. The molecule has 4 heteroatoms. The van der Waals surface area contributed by atoms with Gasteiger partial charge in [0.15, 0.2) is 0 Å². The number of carbonyl (C=O) groups is 2. The first-order valence-electron chi connectivity index (χ1n) is 6.17. The SMILES string of the molecule is CCOC(=O)CCNC(=O)C1C2CCCC21. The molecule has 16 heavy (non-hydrogen) atoms. The third-order valence-electron chi connectivity index (χ3n) is 3.64. The maximum absolute atomic E-state index is 11.7. The average Bonchev–Trinajstić information content (AvgIpc) is 2.73. The predicted molar refractivity (Wildman–Crippen MR) is 58.6 cm³/mol. The molecule has 0 bridgehead atoms. The summed E-state index contributed by atoms with van der Waals surface area (Å²) in [5.74, 6) is 1.43. The molecule has 0 spiro atoms. The van der Waals surface area contributed by atoms with Gasteiger partial charge >= 0.3 is 5.97 Å². The minimum absolute atomic E-state index is 0.138. The highest BCUT2D eigenvalue weighted by Crippen LogP contribution is 2.57. The summed E-state index contributed by atoms with van der Waals surface area (Å²) in [5.41, 5.74) is 0. The van der Waals surface area contributed by atoms with E-state index in [0.717, 1.165) is 0 Å². The molecule has 0 aromatic heterocycles. The summed E-state index contributed by atoms with van der Waals surface area (Å²) in [6, 6.07) is 0. The van der Waals surface area contributed by atoms with E-state index in [1.54, 1.807) is 6.92 Å². The summed E-state index contributed by atoms with van der Waals surface area (Å²) < 4.78 is 4.78. The molecule has 2 rings (SSSR count). The van der Waals surface area contributed by atoms with Gasteiger partial charge in [-0.15, -0.1) is 0 Å². The number of esters is 1. The molecular weight excluding hydrogens is 206 g/mol. The van der Waals surface area contributed by atoms with Crippen LogP contribution in [0, 0.1) is 17.8 Å². The van der Waals surface area contributed by atoms with Crippen molar-refractivity contribution in [1.29, 1.82) is 0 Å². The predicted octanol–water partition coefficient (Wildman–Crippen LogP) is 1.10. The van der Waals surface area contributed by atoms with Gasteiger partial charge in [-0.25, -0.2) is 0 Å². The van der Waals surface area contributed by atoms with Gasteiger partial charge in [-0.05, 0) is 31.6 Å². The zero-order chi connectivity index (χ0) is 11.5. The lowest BCUT2D eigenvalue weighted by Gasteiger charge is -2.06. The molecule has 2 atom stereocenters. The first kappa shape index (κ1) is 11.4. The minimum Gasteiger partial charge on any atom is -0.466 e. The van der Waals surface area contributed by atoms with E-state index in [2.05, 4.69) is 5.32 Å². The lowest BCUT2D eigenvalue weighted by molar-refractivity contribution is -0.143. The van der Waals surface area contributed by atoms with Crippen LogP contribution in [-0.2, 0) is 14.3 Å². The fraction of sp³-hybridized carbons (Fsp3) is 0.833. The summed E-state index contributed by atoms with van der Waals surface area (Å²) >= 11 is 0. The van der Waals surface area contributed by atoms with E-state index in [9.17, 15) is 9.59 Å². The second-order valence-corrected chi connectivity index (χ2v) is 4.63. The largest absolute Gasteiger partial charge is 0.466 e.